The molecule has 3 heteroatoms. The van der Waals surface area contributed by atoms with E-state index in [2.05, 4.69) is 25.8 Å². The molecule has 0 amide bonds. The SMILES string of the molecule is CC=Nc1occ(C(C)(C)C)c1C=N. The van der Waals surface area contributed by atoms with Gasteiger partial charge < -0.3 is 9.83 Å². The largest absolute Gasteiger partial charge is 0.446 e. The lowest BCUT2D eigenvalue weighted by Crippen LogP contribution is -2.11. The molecule has 1 N–H and O–H groups in total. The molecule has 0 aliphatic heterocycles. The van der Waals surface area contributed by atoms with E-state index >= 15 is 0 Å². The molecule has 0 bridgehead atoms. The molecule has 14 heavy (non-hydrogen) atoms. The first-order chi connectivity index (χ1) is 6.50. The normalized spacial score (nSPS) is 12.3. The maximum atomic E-state index is 7.34. The highest BCUT2D eigenvalue weighted by Gasteiger charge is 2.22. The summed E-state index contributed by atoms with van der Waals surface area (Å²) in [6.07, 6.45) is 4.65. The molecule has 1 aromatic rings. The van der Waals surface area contributed by atoms with Crippen LogP contribution in [-0.4, -0.2) is 12.4 Å². The third-order valence-corrected chi connectivity index (χ3v) is 2.01. The van der Waals surface area contributed by atoms with E-state index in [0.717, 1.165) is 11.1 Å². The lowest BCUT2D eigenvalue weighted by molar-refractivity contribution is 0.543. The van der Waals surface area contributed by atoms with E-state index in [9.17, 15) is 0 Å². The fourth-order valence-electron chi connectivity index (χ4n) is 1.29. The van der Waals surface area contributed by atoms with Gasteiger partial charge in [-0.05, 0) is 12.3 Å². The van der Waals surface area contributed by atoms with E-state index in [1.807, 2.05) is 6.92 Å². The Balaban J connectivity index is 3.27. The van der Waals surface area contributed by atoms with Crippen LogP contribution in [0.25, 0.3) is 0 Å². The van der Waals surface area contributed by atoms with E-state index in [4.69, 9.17) is 9.83 Å². The smallest absolute Gasteiger partial charge is 0.227 e. The first-order valence-electron chi connectivity index (χ1n) is 4.62. The van der Waals surface area contributed by atoms with Crippen LogP contribution < -0.4 is 0 Å². The van der Waals surface area contributed by atoms with Crippen molar-refractivity contribution in [3.05, 3.63) is 17.4 Å². The van der Waals surface area contributed by atoms with Gasteiger partial charge in [0.2, 0.25) is 5.88 Å². The number of hydrogen-bond acceptors (Lipinski definition) is 3. The van der Waals surface area contributed by atoms with Crippen molar-refractivity contribution in [3.63, 3.8) is 0 Å². The quantitative estimate of drug-likeness (QED) is 0.718. The molecule has 1 rings (SSSR count). The molecule has 0 atom stereocenters. The van der Waals surface area contributed by atoms with Crippen LogP contribution in [0.4, 0.5) is 5.88 Å². The van der Waals surface area contributed by atoms with Crippen LogP contribution >= 0.6 is 0 Å². The maximum absolute atomic E-state index is 7.34. The van der Waals surface area contributed by atoms with Gasteiger partial charge in [-0.2, -0.15) is 0 Å². The Morgan fingerprint density at radius 1 is 1.43 bits per heavy atom. The highest BCUT2D eigenvalue weighted by Crippen LogP contribution is 2.32. The highest BCUT2D eigenvalue weighted by atomic mass is 16.3. The van der Waals surface area contributed by atoms with Gasteiger partial charge in [-0.3, -0.25) is 0 Å². The van der Waals surface area contributed by atoms with Crippen molar-refractivity contribution in [2.45, 2.75) is 33.1 Å². The van der Waals surface area contributed by atoms with Crippen molar-refractivity contribution in [1.82, 2.24) is 0 Å². The van der Waals surface area contributed by atoms with Gasteiger partial charge in [-0.25, -0.2) is 4.99 Å². The molecular formula is C11H16N2O. The van der Waals surface area contributed by atoms with Gasteiger partial charge in [0.05, 0.1) is 11.8 Å². The lowest BCUT2D eigenvalue weighted by atomic mass is 9.86. The van der Waals surface area contributed by atoms with Crippen LogP contribution in [0.15, 0.2) is 15.7 Å². The van der Waals surface area contributed by atoms with Gasteiger partial charge in [0.1, 0.15) is 0 Å². The predicted octanol–water partition coefficient (Wildman–Crippen LogP) is 3.30. The summed E-state index contributed by atoms with van der Waals surface area (Å²) in [5, 5.41) is 7.34. The number of nitrogens with one attached hydrogen (secondary N) is 1. The Labute approximate surface area is 84.4 Å². The van der Waals surface area contributed by atoms with Crippen LogP contribution in [0, 0.1) is 5.41 Å². The molecule has 1 aromatic heterocycles. The molecule has 0 aliphatic carbocycles. The summed E-state index contributed by atoms with van der Waals surface area (Å²) in [5.74, 6) is 0.521. The zero-order valence-electron chi connectivity index (χ0n) is 9.09. The molecule has 1 heterocycles. The topological polar surface area (TPSA) is 49.4 Å². The molecular weight excluding hydrogens is 176 g/mol. The monoisotopic (exact) mass is 192 g/mol. The minimum absolute atomic E-state index is 0.0160. The first-order valence-corrected chi connectivity index (χ1v) is 4.62. The molecule has 0 saturated carbocycles. The summed E-state index contributed by atoms with van der Waals surface area (Å²) in [4.78, 5) is 4.07. The first kappa shape index (κ1) is 10.7. The van der Waals surface area contributed by atoms with Gasteiger partial charge in [0.25, 0.3) is 0 Å². The van der Waals surface area contributed by atoms with Crippen LogP contribution in [0.1, 0.15) is 38.8 Å². The molecule has 0 fully saturated rings. The van der Waals surface area contributed by atoms with Gasteiger partial charge in [-0.1, -0.05) is 20.8 Å². The van der Waals surface area contributed by atoms with Crippen molar-refractivity contribution in [2.24, 2.45) is 4.99 Å². The second kappa shape index (κ2) is 3.78. The van der Waals surface area contributed by atoms with E-state index in [-0.39, 0.29) is 5.41 Å². The summed E-state index contributed by atoms with van der Waals surface area (Å²) in [7, 11) is 0. The Kier molecular flexibility index (Phi) is 2.89. The van der Waals surface area contributed by atoms with Crippen molar-refractivity contribution >= 4 is 18.3 Å². The summed E-state index contributed by atoms with van der Waals surface area (Å²) >= 11 is 0. The summed E-state index contributed by atoms with van der Waals surface area (Å²) in [5.41, 5.74) is 1.78. The zero-order chi connectivity index (χ0) is 10.8. The van der Waals surface area contributed by atoms with Crippen molar-refractivity contribution in [1.29, 1.82) is 5.41 Å². The highest BCUT2D eigenvalue weighted by molar-refractivity contribution is 5.86. The van der Waals surface area contributed by atoms with Crippen molar-refractivity contribution < 1.29 is 4.42 Å². The van der Waals surface area contributed by atoms with Crippen LogP contribution in [0.3, 0.4) is 0 Å². The van der Waals surface area contributed by atoms with E-state index in [0.29, 0.717) is 5.88 Å². The van der Waals surface area contributed by atoms with E-state index < -0.39 is 0 Å². The molecule has 76 valence electrons. The van der Waals surface area contributed by atoms with Gasteiger partial charge in [-0.15, -0.1) is 0 Å². The average Bonchev–Trinajstić information content (AvgIpc) is 2.47. The van der Waals surface area contributed by atoms with E-state index in [1.165, 1.54) is 6.21 Å². The van der Waals surface area contributed by atoms with Gasteiger partial charge >= 0.3 is 0 Å². The minimum Gasteiger partial charge on any atom is -0.446 e. The molecule has 0 aliphatic rings. The molecule has 3 nitrogen and oxygen atoms in total. The standard InChI is InChI=1S/C11H16N2O/c1-5-13-10-8(6-12)9(7-14-10)11(2,3)4/h5-7,12H,1-4H3. The predicted molar refractivity (Wildman–Crippen MR) is 59.1 cm³/mol. The Hall–Kier alpha value is -1.38. The van der Waals surface area contributed by atoms with E-state index in [1.54, 1.807) is 12.5 Å². The van der Waals surface area contributed by atoms with Crippen LogP contribution in [-0.2, 0) is 5.41 Å². The van der Waals surface area contributed by atoms with Gasteiger partial charge in [0.15, 0.2) is 0 Å². The minimum atomic E-state index is -0.0160. The maximum Gasteiger partial charge on any atom is 0.227 e. The number of nitrogens with zero attached hydrogens (tertiary/aromatic N) is 1. The van der Waals surface area contributed by atoms with Crippen molar-refractivity contribution in [2.75, 3.05) is 0 Å². The number of aliphatic imine (C=N–C) groups is 1. The Morgan fingerprint density at radius 2 is 2.07 bits per heavy atom. The number of hydrogen-bond donors (Lipinski definition) is 1. The summed E-state index contributed by atoms with van der Waals surface area (Å²) in [6, 6.07) is 0. The van der Waals surface area contributed by atoms with Crippen LogP contribution in [0.2, 0.25) is 0 Å². The average molecular weight is 192 g/mol. The fraction of sp³-hybridized carbons (Fsp3) is 0.455. The number of furan rings is 1. The second-order valence-electron chi connectivity index (χ2n) is 4.15. The third kappa shape index (κ3) is 1.92. The van der Waals surface area contributed by atoms with Crippen LogP contribution in [0.5, 0.6) is 0 Å². The molecule has 0 aromatic carbocycles. The third-order valence-electron chi connectivity index (χ3n) is 2.01. The molecule has 0 radical (unpaired) electrons. The Bertz CT molecular complexity index is 356. The van der Waals surface area contributed by atoms with Gasteiger partial charge in [0, 0.05) is 18.0 Å². The lowest BCUT2D eigenvalue weighted by Gasteiger charge is -2.16. The molecule has 0 unspecified atom stereocenters. The summed E-state index contributed by atoms with van der Waals surface area (Å²) in [6.45, 7) is 8.09. The molecule has 0 saturated heterocycles. The van der Waals surface area contributed by atoms with Crippen molar-refractivity contribution in [3.8, 4) is 0 Å². The fourth-order valence-corrected chi connectivity index (χ4v) is 1.29. The summed E-state index contributed by atoms with van der Waals surface area (Å²) < 4.78 is 5.30. The zero-order valence-corrected chi connectivity index (χ0v) is 9.09. The number of rotatable bonds is 2. The molecule has 0 spiro atoms. The second-order valence-corrected chi connectivity index (χ2v) is 4.15. The Morgan fingerprint density at radius 3 is 2.50 bits per heavy atom.